The molecule has 154 valence electrons. The first kappa shape index (κ1) is 21.1. The van der Waals surface area contributed by atoms with Crippen LogP contribution in [-0.2, 0) is 10.7 Å². The number of carbonyl (C=O) groups is 1. The molecular formula is C20H8F7NO2. The van der Waals surface area contributed by atoms with Gasteiger partial charge in [-0.15, -0.1) is 13.2 Å². The smallest absolute Gasteiger partial charge is 0.406 e. The van der Waals surface area contributed by atoms with E-state index in [1.807, 2.05) is 0 Å². The van der Waals surface area contributed by atoms with Gasteiger partial charge in [0.05, 0.1) is 0 Å². The zero-order chi connectivity index (χ0) is 22.1. The van der Waals surface area contributed by atoms with Crippen LogP contribution in [-0.4, -0.2) is 17.1 Å². The number of hydrogen-bond donors (Lipinski definition) is 0. The Hall–Kier alpha value is -3.61. The van der Waals surface area contributed by atoms with Crippen molar-refractivity contribution in [3.8, 4) is 16.9 Å². The van der Waals surface area contributed by atoms with Crippen molar-refractivity contribution in [1.29, 1.82) is 0 Å². The third-order valence-corrected chi connectivity index (χ3v) is 3.82. The molecule has 0 spiro atoms. The second-order valence-electron chi connectivity index (χ2n) is 5.87. The molecule has 0 fully saturated rings. The van der Waals surface area contributed by atoms with Gasteiger partial charge in [-0.3, -0.25) is 9.78 Å². The Morgan fingerprint density at radius 2 is 1.53 bits per heavy atom. The summed E-state index contributed by atoms with van der Waals surface area (Å²) in [5.41, 5.74) is 1.84. The van der Waals surface area contributed by atoms with E-state index in [9.17, 15) is 35.5 Å². The molecule has 2 aromatic rings. The molecule has 3 nitrogen and oxygen atoms in total. The lowest BCUT2D eigenvalue weighted by molar-refractivity contribution is -0.274. The maximum absolute atomic E-state index is 14.4. The molecule has 1 heterocycles. The molecule has 0 atom stereocenters. The first-order valence-electron chi connectivity index (χ1n) is 8.02. The van der Waals surface area contributed by atoms with E-state index in [0.29, 0.717) is 5.56 Å². The van der Waals surface area contributed by atoms with Gasteiger partial charge in [0.2, 0.25) is 5.78 Å². The van der Waals surface area contributed by atoms with Crippen LogP contribution in [0.15, 0.2) is 77.4 Å². The van der Waals surface area contributed by atoms with E-state index in [-0.39, 0.29) is 11.6 Å². The van der Waals surface area contributed by atoms with Gasteiger partial charge in [-0.05, 0) is 29.5 Å². The molecule has 1 aromatic heterocycles. The van der Waals surface area contributed by atoms with Crippen molar-refractivity contribution >= 4 is 5.78 Å². The number of rotatable bonds is 5. The number of pyridine rings is 1. The van der Waals surface area contributed by atoms with Gasteiger partial charge < -0.3 is 4.74 Å². The molecule has 0 N–H and O–H groups in total. The number of ether oxygens (including phenoxy) is 1. The van der Waals surface area contributed by atoms with Gasteiger partial charge in [0.1, 0.15) is 22.8 Å². The fraction of sp³-hybridized carbons (Fsp3) is 0.100. The first-order valence-corrected chi connectivity index (χ1v) is 8.02. The average molecular weight is 427 g/mol. The number of benzene rings is 1. The summed E-state index contributed by atoms with van der Waals surface area (Å²) in [4.78, 5) is 15.5. The first-order chi connectivity index (χ1) is 14.0. The molecule has 0 radical (unpaired) electrons. The van der Waals surface area contributed by atoms with Crippen molar-refractivity contribution in [2.24, 2.45) is 0 Å². The summed E-state index contributed by atoms with van der Waals surface area (Å²) in [6.07, 6.45) is -3.67. The van der Waals surface area contributed by atoms with Crippen molar-refractivity contribution in [2.75, 3.05) is 0 Å². The van der Waals surface area contributed by atoms with Crippen molar-refractivity contribution in [3.05, 3.63) is 83.1 Å². The molecule has 0 amide bonds. The Morgan fingerprint density at radius 1 is 0.900 bits per heavy atom. The van der Waals surface area contributed by atoms with Crippen molar-refractivity contribution < 1.29 is 40.3 Å². The number of hydrogen-bond acceptors (Lipinski definition) is 3. The minimum absolute atomic E-state index is 0.225. The average Bonchev–Trinajstić information content (AvgIpc) is 2.67. The lowest BCUT2D eigenvalue weighted by Crippen LogP contribution is -2.29. The standard InChI is InChI=1S/C20H8F7NO2/c21-13-4-7-15(16(22)9-13)18(29)19(23,24)17-8-3-12(10-28-17)11-1-5-14(6-2-11)30-20(25,26)27/h1-3,5-6,8-10H. The van der Waals surface area contributed by atoms with E-state index in [1.165, 1.54) is 12.1 Å². The zero-order valence-electron chi connectivity index (χ0n) is 14.5. The number of alkyl halides is 5. The maximum Gasteiger partial charge on any atom is 0.573 e. The fourth-order valence-electron chi connectivity index (χ4n) is 2.44. The molecule has 30 heavy (non-hydrogen) atoms. The second-order valence-corrected chi connectivity index (χ2v) is 5.87. The van der Waals surface area contributed by atoms with Crippen LogP contribution >= 0.6 is 0 Å². The van der Waals surface area contributed by atoms with Gasteiger partial charge in [-0.1, -0.05) is 23.9 Å². The molecule has 0 unspecified atom stereocenters. The Balaban J connectivity index is 1.84. The van der Waals surface area contributed by atoms with Crippen LogP contribution in [0.3, 0.4) is 0 Å². The van der Waals surface area contributed by atoms with Crippen molar-refractivity contribution in [3.63, 3.8) is 0 Å². The van der Waals surface area contributed by atoms with E-state index in [1.54, 1.807) is 11.5 Å². The predicted molar refractivity (Wildman–Crippen MR) is 89.6 cm³/mol. The molecule has 0 bridgehead atoms. The van der Waals surface area contributed by atoms with Crippen LogP contribution in [0.4, 0.5) is 30.7 Å². The van der Waals surface area contributed by atoms with Gasteiger partial charge in [-0.2, -0.15) is 13.2 Å². The number of carbonyl (C=O) groups excluding carboxylic acids is 1. The summed E-state index contributed by atoms with van der Waals surface area (Å²) in [6.45, 7) is 0. The van der Waals surface area contributed by atoms with Gasteiger partial charge >= 0.3 is 12.3 Å². The number of Topliss-reactive ketones (excluding diaryl/α,β-unsaturated/α-hetero) is 1. The quantitative estimate of drug-likeness (QED) is 0.453. The van der Waals surface area contributed by atoms with E-state index in [4.69, 9.17) is 0 Å². The normalized spacial score (nSPS) is 14.0. The van der Waals surface area contributed by atoms with Crippen molar-refractivity contribution in [1.82, 2.24) is 4.98 Å². The minimum Gasteiger partial charge on any atom is -0.406 e. The predicted octanol–water partition coefficient (Wildman–Crippen LogP) is 5.71. The van der Waals surface area contributed by atoms with Crippen LogP contribution in [0, 0.1) is 0 Å². The summed E-state index contributed by atoms with van der Waals surface area (Å²) in [7, 11) is 0. The molecular weight excluding hydrogens is 419 g/mol. The molecule has 0 saturated carbocycles. The van der Waals surface area contributed by atoms with Gasteiger partial charge in [-0.25, -0.2) is 4.39 Å². The summed E-state index contributed by atoms with van der Waals surface area (Å²) < 4.78 is 95.6. The number of ketones is 1. The second kappa shape index (κ2) is 7.67. The number of nitrogens with zero attached hydrogens (tertiary/aromatic N) is 1. The number of allylic oxidation sites excluding steroid dienone is 4. The Labute approximate surface area is 164 Å². The van der Waals surface area contributed by atoms with E-state index >= 15 is 0 Å². The van der Waals surface area contributed by atoms with Crippen LogP contribution in [0.5, 0.6) is 5.75 Å². The maximum atomic E-state index is 14.4. The van der Waals surface area contributed by atoms with E-state index in [2.05, 4.69) is 9.72 Å². The van der Waals surface area contributed by atoms with Crippen LogP contribution in [0.1, 0.15) is 5.69 Å². The molecule has 1 aliphatic rings. The SMILES string of the molecule is O=C(C1=C=C=C(F)C=C1F)C(F)(F)c1ccc(-c2ccc(OC(F)(F)F)cc2)cn1. The summed E-state index contributed by atoms with van der Waals surface area (Å²) in [5, 5.41) is 0. The summed E-state index contributed by atoms with van der Waals surface area (Å²) in [6, 6.07) is 6.51. The Bertz CT molecular complexity index is 1120. The summed E-state index contributed by atoms with van der Waals surface area (Å²) in [5.74, 6) is -9.42. The third kappa shape index (κ3) is 4.51. The molecule has 0 aliphatic heterocycles. The van der Waals surface area contributed by atoms with Crippen LogP contribution < -0.4 is 4.74 Å². The highest BCUT2D eigenvalue weighted by atomic mass is 19.4. The highest BCUT2D eigenvalue weighted by Crippen LogP contribution is 2.34. The summed E-state index contributed by atoms with van der Waals surface area (Å²) >= 11 is 0. The fourth-order valence-corrected chi connectivity index (χ4v) is 2.44. The zero-order valence-corrected chi connectivity index (χ0v) is 14.5. The molecule has 0 saturated heterocycles. The highest BCUT2D eigenvalue weighted by molar-refractivity contribution is 6.04. The number of aromatic nitrogens is 1. The highest BCUT2D eigenvalue weighted by Gasteiger charge is 2.45. The lowest BCUT2D eigenvalue weighted by atomic mass is 9.99. The third-order valence-electron chi connectivity index (χ3n) is 3.82. The molecule has 1 aromatic carbocycles. The van der Waals surface area contributed by atoms with E-state index in [0.717, 1.165) is 30.5 Å². The number of halogens is 7. The van der Waals surface area contributed by atoms with Crippen molar-refractivity contribution in [2.45, 2.75) is 12.3 Å². The van der Waals surface area contributed by atoms with Gasteiger partial charge in [0.15, 0.2) is 5.83 Å². The molecule has 10 heteroatoms. The topological polar surface area (TPSA) is 39.2 Å². The largest absolute Gasteiger partial charge is 0.573 e. The van der Waals surface area contributed by atoms with Crippen LogP contribution in [0.2, 0.25) is 0 Å². The van der Waals surface area contributed by atoms with Gasteiger partial charge in [0, 0.05) is 17.8 Å². The monoisotopic (exact) mass is 427 g/mol. The van der Waals surface area contributed by atoms with E-state index < -0.39 is 46.7 Å². The Kier molecular flexibility index (Phi) is 5.39. The minimum atomic E-state index is -4.86. The Morgan fingerprint density at radius 3 is 2.07 bits per heavy atom. The van der Waals surface area contributed by atoms with Gasteiger partial charge in [0.25, 0.3) is 0 Å². The molecule has 1 aliphatic carbocycles. The molecule has 3 rings (SSSR count). The van der Waals surface area contributed by atoms with Crippen LogP contribution in [0.25, 0.3) is 11.1 Å². The lowest BCUT2D eigenvalue weighted by Gasteiger charge is -2.15.